The SMILES string of the molecule is O=C(O)CC1CCCc2sc(=O)[nH]c21. The Hall–Kier alpha value is -1.10. The number of carboxylic acid groups (broad SMARTS) is 1. The van der Waals surface area contributed by atoms with E-state index >= 15 is 0 Å². The summed E-state index contributed by atoms with van der Waals surface area (Å²) in [6, 6.07) is 0. The average molecular weight is 213 g/mol. The second-order valence-corrected chi connectivity index (χ2v) is 4.61. The summed E-state index contributed by atoms with van der Waals surface area (Å²) in [5, 5.41) is 8.71. The van der Waals surface area contributed by atoms with Gasteiger partial charge in [-0.25, -0.2) is 0 Å². The second-order valence-electron chi connectivity index (χ2n) is 3.54. The molecular weight excluding hydrogens is 202 g/mol. The van der Waals surface area contributed by atoms with Crippen molar-refractivity contribution in [3.8, 4) is 0 Å². The third-order valence-corrected chi connectivity index (χ3v) is 3.50. The van der Waals surface area contributed by atoms with Gasteiger partial charge in [0.25, 0.3) is 0 Å². The molecule has 2 N–H and O–H groups in total. The van der Waals surface area contributed by atoms with Gasteiger partial charge in [-0.3, -0.25) is 9.59 Å². The molecule has 0 amide bonds. The largest absolute Gasteiger partial charge is 0.481 e. The normalized spacial score (nSPS) is 20.4. The number of thiazole rings is 1. The van der Waals surface area contributed by atoms with Crippen LogP contribution in [0, 0.1) is 0 Å². The van der Waals surface area contributed by atoms with Crippen molar-refractivity contribution in [1.29, 1.82) is 0 Å². The van der Waals surface area contributed by atoms with Gasteiger partial charge in [-0.1, -0.05) is 11.3 Å². The van der Waals surface area contributed by atoms with Crippen LogP contribution in [0.2, 0.25) is 0 Å². The first-order valence-corrected chi connectivity index (χ1v) is 5.42. The minimum absolute atomic E-state index is 0.00944. The number of rotatable bonds is 2. The number of hydrogen-bond donors (Lipinski definition) is 2. The lowest BCUT2D eigenvalue weighted by Gasteiger charge is -2.19. The highest BCUT2D eigenvalue weighted by Crippen LogP contribution is 2.33. The van der Waals surface area contributed by atoms with Crippen LogP contribution >= 0.6 is 11.3 Å². The van der Waals surface area contributed by atoms with Crippen LogP contribution in [0.3, 0.4) is 0 Å². The molecular formula is C9H11NO3S. The first kappa shape index (κ1) is 9.45. The van der Waals surface area contributed by atoms with Gasteiger partial charge in [-0.05, 0) is 19.3 Å². The molecule has 0 spiro atoms. The molecule has 0 aliphatic heterocycles. The number of nitrogens with one attached hydrogen (secondary N) is 1. The highest BCUT2D eigenvalue weighted by molar-refractivity contribution is 7.09. The summed E-state index contributed by atoms with van der Waals surface area (Å²) in [4.78, 5) is 25.4. The summed E-state index contributed by atoms with van der Waals surface area (Å²) in [7, 11) is 0. The first-order chi connectivity index (χ1) is 6.66. The average Bonchev–Trinajstić information content (AvgIpc) is 2.45. The second kappa shape index (κ2) is 3.57. The van der Waals surface area contributed by atoms with E-state index in [1.165, 1.54) is 11.3 Å². The predicted molar refractivity (Wildman–Crippen MR) is 52.9 cm³/mol. The Morgan fingerprint density at radius 1 is 1.64 bits per heavy atom. The topological polar surface area (TPSA) is 70.2 Å². The maximum absolute atomic E-state index is 11.1. The molecule has 0 bridgehead atoms. The third-order valence-electron chi connectivity index (χ3n) is 2.54. The minimum atomic E-state index is -0.796. The van der Waals surface area contributed by atoms with Crippen molar-refractivity contribution in [2.24, 2.45) is 0 Å². The summed E-state index contributed by atoms with van der Waals surface area (Å²) in [6.07, 6.45) is 2.89. The van der Waals surface area contributed by atoms with E-state index in [9.17, 15) is 9.59 Å². The molecule has 1 aliphatic carbocycles. The molecule has 1 aliphatic rings. The number of carboxylic acids is 1. The number of aromatic nitrogens is 1. The van der Waals surface area contributed by atoms with Crippen molar-refractivity contribution in [2.45, 2.75) is 31.6 Å². The molecule has 1 unspecified atom stereocenters. The molecule has 0 saturated carbocycles. The molecule has 1 aromatic heterocycles. The van der Waals surface area contributed by atoms with E-state index in [-0.39, 0.29) is 17.2 Å². The lowest BCUT2D eigenvalue weighted by Crippen LogP contribution is -2.13. The number of aryl methyl sites for hydroxylation is 1. The van der Waals surface area contributed by atoms with Crippen molar-refractivity contribution in [3.63, 3.8) is 0 Å². The van der Waals surface area contributed by atoms with E-state index in [0.29, 0.717) is 0 Å². The van der Waals surface area contributed by atoms with Gasteiger partial charge >= 0.3 is 10.8 Å². The van der Waals surface area contributed by atoms with Crippen LogP contribution in [0.4, 0.5) is 0 Å². The summed E-state index contributed by atoms with van der Waals surface area (Å²) in [5.74, 6) is -0.787. The Morgan fingerprint density at radius 2 is 2.43 bits per heavy atom. The molecule has 5 heteroatoms. The van der Waals surface area contributed by atoms with E-state index in [1.54, 1.807) is 0 Å². The third kappa shape index (κ3) is 1.72. The molecule has 0 fully saturated rings. The number of H-pyrrole nitrogens is 1. The Morgan fingerprint density at radius 3 is 3.14 bits per heavy atom. The summed E-state index contributed by atoms with van der Waals surface area (Å²) in [5.41, 5.74) is 0.869. The van der Waals surface area contributed by atoms with E-state index in [2.05, 4.69) is 4.98 Å². The molecule has 0 radical (unpaired) electrons. The van der Waals surface area contributed by atoms with E-state index in [0.717, 1.165) is 29.8 Å². The fraction of sp³-hybridized carbons (Fsp3) is 0.556. The van der Waals surface area contributed by atoms with Crippen molar-refractivity contribution in [1.82, 2.24) is 4.98 Å². The van der Waals surface area contributed by atoms with Crippen molar-refractivity contribution < 1.29 is 9.90 Å². The Bertz CT molecular complexity index is 406. The number of hydrogen-bond acceptors (Lipinski definition) is 3. The zero-order valence-electron chi connectivity index (χ0n) is 7.58. The molecule has 2 rings (SSSR count). The molecule has 1 aromatic rings. The Balaban J connectivity index is 2.30. The zero-order valence-corrected chi connectivity index (χ0v) is 8.39. The highest BCUT2D eigenvalue weighted by Gasteiger charge is 2.24. The van der Waals surface area contributed by atoms with Gasteiger partial charge in [0.15, 0.2) is 0 Å². The molecule has 4 nitrogen and oxygen atoms in total. The smallest absolute Gasteiger partial charge is 0.304 e. The first-order valence-electron chi connectivity index (χ1n) is 4.60. The predicted octanol–water partition coefficient (Wildman–Crippen LogP) is 1.33. The van der Waals surface area contributed by atoms with E-state index in [1.807, 2.05) is 0 Å². The van der Waals surface area contributed by atoms with Crippen molar-refractivity contribution >= 4 is 17.3 Å². The number of fused-ring (bicyclic) bond motifs is 1. The molecule has 14 heavy (non-hydrogen) atoms. The van der Waals surface area contributed by atoms with Gasteiger partial charge in [0, 0.05) is 16.5 Å². The standard InChI is InChI=1S/C9H11NO3S/c11-7(12)4-5-2-1-3-6-8(5)10-9(13)14-6/h5H,1-4H2,(H,10,13)(H,11,12). The number of aromatic amines is 1. The minimum Gasteiger partial charge on any atom is -0.481 e. The fourth-order valence-corrected chi connectivity index (χ4v) is 2.91. The van der Waals surface area contributed by atoms with Crippen LogP contribution < -0.4 is 4.87 Å². The van der Waals surface area contributed by atoms with Crippen LogP contribution in [0.1, 0.15) is 35.8 Å². The Kier molecular flexibility index (Phi) is 2.41. The van der Waals surface area contributed by atoms with Crippen molar-refractivity contribution in [3.05, 3.63) is 20.2 Å². The van der Waals surface area contributed by atoms with E-state index in [4.69, 9.17) is 5.11 Å². The van der Waals surface area contributed by atoms with E-state index < -0.39 is 5.97 Å². The number of aliphatic carboxylic acids is 1. The zero-order chi connectivity index (χ0) is 10.1. The van der Waals surface area contributed by atoms with Gasteiger partial charge in [0.1, 0.15) is 0 Å². The van der Waals surface area contributed by atoms with Crippen LogP contribution in [0.5, 0.6) is 0 Å². The lowest BCUT2D eigenvalue weighted by atomic mass is 9.89. The monoisotopic (exact) mass is 213 g/mol. The van der Waals surface area contributed by atoms with Crippen LogP contribution in [0.25, 0.3) is 0 Å². The summed E-state index contributed by atoms with van der Waals surface area (Å²) < 4.78 is 0. The Labute approximate surface area is 84.6 Å². The summed E-state index contributed by atoms with van der Waals surface area (Å²) in [6.45, 7) is 0. The van der Waals surface area contributed by atoms with Crippen molar-refractivity contribution in [2.75, 3.05) is 0 Å². The van der Waals surface area contributed by atoms with Gasteiger partial charge < -0.3 is 10.1 Å². The quantitative estimate of drug-likeness (QED) is 0.778. The van der Waals surface area contributed by atoms with Gasteiger partial charge in [0.05, 0.1) is 6.42 Å². The molecule has 0 saturated heterocycles. The van der Waals surface area contributed by atoms with Gasteiger partial charge in [-0.15, -0.1) is 0 Å². The number of carbonyl (C=O) groups is 1. The van der Waals surface area contributed by atoms with Crippen LogP contribution in [-0.2, 0) is 11.2 Å². The fourth-order valence-electron chi connectivity index (χ4n) is 1.96. The molecule has 0 aromatic carbocycles. The molecule has 76 valence electrons. The van der Waals surface area contributed by atoms with Gasteiger partial charge in [0.2, 0.25) is 0 Å². The van der Waals surface area contributed by atoms with Gasteiger partial charge in [-0.2, -0.15) is 0 Å². The molecule has 1 heterocycles. The maximum atomic E-state index is 11.1. The van der Waals surface area contributed by atoms with Crippen LogP contribution in [-0.4, -0.2) is 16.1 Å². The summed E-state index contributed by atoms with van der Waals surface area (Å²) >= 11 is 1.22. The lowest BCUT2D eigenvalue weighted by molar-refractivity contribution is -0.137. The van der Waals surface area contributed by atoms with Crippen LogP contribution in [0.15, 0.2) is 4.79 Å². The maximum Gasteiger partial charge on any atom is 0.304 e. The molecule has 1 atom stereocenters. The highest BCUT2D eigenvalue weighted by atomic mass is 32.1.